The SMILES string of the molecule is Cc1cc(N)nc(C)[n+]1C.[I-]. The zero-order chi connectivity index (χ0) is 7.72. The Bertz CT molecular complexity index is 237. The minimum absolute atomic E-state index is 0. The fourth-order valence-corrected chi connectivity index (χ4v) is 0.860. The van der Waals surface area contributed by atoms with Crippen molar-refractivity contribution in [3.05, 3.63) is 17.6 Å². The lowest BCUT2D eigenvalue weighted by atomic mass is 10.4. The van der Waals surface area contributed by atoms with Gasteiger partial charge in [-0.25, -0.2) is 4.57 Å². The van der Waals surface area contributed by atoms with Crippen molar-refractivity contribution >= 4 is 5.82 Å². The van der Waals surface area contributed by atoms with Gasteiger partial charge in [-0.05, 0) is 11.9 Å². The number of nitrogen functional groups attached to an aromatic ring is 1. The second-order valence-corrected chi connectivity index (χ2v) is 2.43. The van der Waals surface area contributed by atoms with Gasteiger partial charge in [0.2, 0.25) is 5.82 Å². The summed E-state index contributed by atoms with van der Waals surface area (Å²) in [5.41, 5.74) is 6.63. The molecular weight excluding hydrogens is 253 g/mol. The molecule has 0 spiro atoms. The van der Waals surface area contributed by atoms with E-state index < -0.39 is 0 Å². The van der Waals surface area contributed by atoms with Gasteiger partial charge in [-0.3, -0.25) is 0 Å². The molecule has 1 heterocycles. The molecule has 0 atom stereocenters. The number of aromatic nitrogens is 2. The Labute approximate surface area is 83.7 Å². The predicted molar refractivity (Wildman–Crippen MR) is 39.3 cm³/mol. The summed E-state index contributed by atoms with van der Waals surface area (Å²) in [6.45, 7) is 3.94. The van der Waals surface area contributed by atoms with Gasteiger partial charge in [-0.2, -0.15) is 0 Å². The van der Waals surface area contributed by atoms with Gasteiger partial charge in [-0.15, -0.1) is 0 Å². The van der Waals surface area contributed by atoms with Crippen molar-refractivity contribution < 1.29 is 28.5 Å². The molecule has 1 aromatic heterocycles. The molecule has 0 saturated heterocycles. The lowest BCUT2D eigenvalue weighted by Gasteiger charge is -1.97. The quantitative estimate of drug-likeness (QED) is 0.404. The number of hydrogen-bond acceptors (Lipinski definition) is 2. The van der Waals surface area contributed by atoms with Gasteiger partial charge in [-0.1, -0.05) is 0 Å². The van der Waals surface area contributed by atoms with Crippen molar-refractivity contribution in [2.75, 3.05) is 5.73 Å². The van der Waals surface area contributed by atoms with E-state index in [-0.39, 0.29) is 24.0 Å². The summed E-state index contributed by atoms with van der Waals surface area (Å²) in [6.07, 6.45) is 0. The summed E-state index contributed by atoms with van der Waals surface area (Å²) in [4.78, 5) is 4.07. The van der Waals surface area contributed by atoms with Crippen LogP contribution in [0.15, 0.2) is 6.07 Å². The Morgan fingerprint density at radius 2 is 2.00 bits per heavy atom. The zero-order valence-electron chi connectivity index (χ0n) is 6.93. The standard InChI is InChI=1S/C7H11N3.HI/c1-5-4-7(8)9-6(2)10(5)3;/h4,8H,1-3H3;1H. The van der Waals surface area contributed by atoms with Crippen molar-refractivity contribution in [3.8, 4) is 0 Å². The van der Waals surface area contributed by atoms with Crippen LogP contribution in [0.1, 0.15) is 11.5 Å². The Hall–Kier alpha value is -0.390. The Morgan fingerprint density at radius 3 is 2.45 bits per heavy atom. The average Bonchev–Trinajstić information content (AvgIpc) is 1.82. The van der Waals surface area contributed by atoms with Gasteiger partial charge in [0.1, 0.15) is 5.69 Å². The topological polar surface area (TPSA) is 42.8 Å². The first-order valence-electron chi connectivity index (χ1n) is 3.21. The van der Waals surface area contributed by atoms with Crippen LogP contribution in [0, 0.1) is 13.8 Å². The highest BCUT2D eigenvalue weighted by atomic mass is 127. The monoisotopic (exact) mass is 265 g/mol. The average molecular weight is 265 g/mol. The van der Waals surface area contributed by atoms with Gasteiger partial charge >= 0.3 is 0 Å². The molecule has 0 amide bonds. The summed E-state index contributed by atoms with van der Waals surface area (Å²) in [7, 11) is 1.97. The van der Waals surface area contributed by atoms with Crippen LogP contribution in [0.5, 0.6) is 0 Å². The second-order valence-electron chi connectivity index (χ2n) is 2.43. The van der Waals surface area contributed by atoms with E-state index in [0.717, 1.165) is 11.5 Å². The Kier molecular flexibility index (Phi) is 3.71. The number of anilines is 1. The van der Waals surface area contributed by atoms with Crippen LogP contribution in [-0.2, 0) is 7.05 Å². The molecule has 0 aromatic carbocycles. The van der Waals surface area contributed by atoms with Crippen LogP contribution in [0.2, 0.25) is 0 Å². The lowest BCUT2D eigenvalue weighted by molar-refractivity contribution is -0.686. The molecule has 11 heavy (non-hydrogen) atoms. The van der Waals surface area contributed by atoms with E-state index >= 15 is 0 Å². The van der Waals surface area contributed by atoms with Crippen LogP contribution in [0.25, 0.3) is 0 Å². The molecule has 62 valence electrons. The van der Waals surface area contributed by atoms with E-state index in [1.54, 1.807) is 0 Å². The van der Waals surface area contributed by atoms with Crippen LogP contribution in [0.4, 0.5) is 5.82 Å². The van der Waals surface area contributed by atoms with Crippen molar-refractivity contribution in [3.63, 3.8) is 0 Å². The first kappa shape index (κ1) is 10.6. The lowest BCUT2D eigenvalue weighted by Crippen LogP contribution is -3.00. The number of hydrogen-bond donors (Lipinski definition) is 1. The minimum Gasteiger partial charge on any atom is -1.00 e. The summed E-state index contributed by atoms with van der Waals surface area (Å²) in [5.74, 6) is 1.53. The molecule has 1 aromatic rings. The molecule has 0 radical (unpaired) electrons. The number of nitrogens with two attached hydrogens (primary N) is 1. The molecule has 0 fully saturated rings. The van der Waals surface area contributed by atoms with Crippen molar-refractivity contribution in [1.29, 1.82) is 0 Å². The van der Waals surface area contributed by atoms with Gasteiger partial charge < -0.3 is 29.7 Å². The normalized spacial score (nSPS) is 9.00. The molecule has 0 aliphatic rings. The summed E-state index contributed by atoms with van der Waals surface area (Å²) in [5, 5.41) is 0. The molecule has 0 unspecified atom stereocenters. The highest BCUT2D eigenvalue weighted by Gasteiger charge is 2.06. The largest absolute Gasteiger partial charge is 1.00 e. The van der Waals surface area contributed by atoms with E-state index in [1.165, 1.54) is 0 Å². The molecule has 1 rings (SSSR count). The van der Waals surface area contributed by atoms with Gasteiger partial charge in [0.05, 0.1) is 7.05 Å². The maximum absolute atomic E-state index is 5.50. The molecular formula is C7H12IN3. The smallest absolute Gasteiger partial charge is 0.297 e. The number of aryl methyl sites for hydroxylation is 2. The fourth-order valence-electron chi connectivity index (χ4n) is 0.860. The highest BCUT2D eigenvalue weighted by Crippen LogP contribution is 1.96. The molecule has 3 nitrogen and oxygen atoms in total. The summed E-state index contributed by atoms with van der Waals surface area (Å²) >= 11 is 0. The van der Waals surface area contributed by atoms with Crippen molar-refractivity contribution in [2.24, 2.45) is 7.05 Å². The van der Waals surface area contributed by atoms with Crippen molar-refractivity contribution in [2.45, 2.75) is 13.8 Å². The zero-order valence-corrected chi connectivity index (χ0v) is 9.08. The fraction of sp³-hybridized carbons (Fsp3) is 0.429. The molecule has 2 N–H and O–H groups in total. The van der Waals surface area contributed by atoms with Crippen LogP contribution >= 0.6 is 0 Å². The van der Waals surface area contributed by atoms with Gasteiger partial charge in [0, 0.05) is 13.0 Å². The second kappa shape index (κ2) is 3.85. The number of nitrogens with zero attached hydrogens (tertiary/aromatic N) is 2. The molecule has 0 aliphatic carbocycles. The number of halogens is 1. The molecule has 0 bridgehead atoms. The van der Waals surface area contributed by atoms with Crippen molar-refractivity contribution in [1.82, 2.24) is 4.98 Å². The minimum atomic E-state index is 0. The van der Waals surface area contributed by atoms with Crippen LogP contribution in [-0.4, -0.2) is 4.98 Å². The van der Waals surface area contributed by atoms with Gasteiger partial charge in [0.15, 0.2) is 0 Å². The molecule has 0 aliphatic heterocycles. The van der Waals surface area contributed by atoms with E-state index in [9.17, 15) is 0 Å². The Balaban J connectivity index is 0.000001000. The molecule has 4 heteroatoms. The van der Waals surface area contributed by atoms with E-state index in [2.05, 4.69) is 4.98 Å². The maximum atomic E-state index is 5.50. The Morgan fingerprint density at radius 1 is 1.45 bits per heavy atom. The van der Waals surface area contributed by atoms with Gasteiger partial charge in [0.25, 0.3) is 5.82 Å². The van der Waals surface area contributed by atoms with E-state index in [1.807, 2.05) is 31.5 Å². The van der Waals surface area contributed by atoms with Crippen LogP contribution < -0.4 is 34.3 Å². The third kappa shape index (κ3) is 2.28. The first-order chi connectivity index (χ1) is 4.61. The van der Waals surface area contributed by atoms with E-state index in [0.29, 0.717) is 5.82 Å². The van der Waals surface area contributed by atoms with E-state index in [4.69, 9.17) is 5.73 Å². The number of rotatable bonds is 0. The first-order valence-corrected chi connectivity index (χ1v) is 3.21. The summed E-state index contributed by atoms with van der Waals surface area (Å²) in [6, 6.07) is 1.85. The third-order valence-electron chi connectivity index (χ3n) is 1.66. The highest BCUT2D eigenvalue weighted by molar-refractivity contribution is 5.26. The molecule has 0 saturated carbocycles. The maximum Gasteiger partial charge on any atom is 0.297 e. The predicted octanol–water partition coefficient (Wildman–Crippen LogP) is -2.89. The van der Waals surface area contributed by atoms with Crippen LogP contribution in [0.3, 0.4) is 0 Å². The third-order valence-corrected chi connectivity index (χ3v) is 1.66. The summed E-state index contributed by atoms with van der Waals surface area (Å²) < 4.78 is 2.00.